The Morgan fingerprint density at radius 1 is 1.18 bits per heavy atom. The van der Waals surface area contributed by atoms with Gasteiger partial charge in [-0.15, -0.1) is 0 Å². The number of piperidine rings is 1. The third-order valence-corrected chi connectivity index (χ3v) is 6.68. The highest BCUT2D eigenvalue weighted by atomic mass is 32.2. The quantitative estimate of drug-likeness (QED) is 0.785. The van der Waals surface area contributed by atoms with E-state index in [1.54, 1.807) is 22.5 Å². The molecule has 2 atom stereocenters. The SMILES string of the molecule is CC1(C)Oc2ccc(S(=O)(=O)N3CCCCC3)cc2C2OC21. The van der Waals surface area contributed by atoms with Crippen LogP contribution in [0.4, 0.5) is 0 Å². The molecule has 0 aromatic heterocycles. The summed E-state index contributed by atoms with van der Waals surface area (Å²) < 4.78 is 38.8. The van der Waals surface area contributed by atoms with E-state index in [-0.39, 0.29) is 17.8 Å². The molecule has 3 aliphatic rings. The molecule has 0 radical (unpaired) electrons. The lowest BCUT2D eigenvalue weighted by Crippen LogP contribution is -2.38. The minimum atomic E-state index is -3.41. The summed E-state index contributed by atoms with van der Waals surface area (Å²) in [6, 6.07) is 5.16. The van der Waals surface area contributed by atoms with Gasteiger partial charge in [-0.2, -0.15) is 4.31 Å². The van der Waals surface area contributed by atoms with E-state index in [1.807, 2.05) is 13.8 Å². The zero-order valence-corrected chi connectivity index (χ0v) is 13.7. The molecule has 2 saturated heterocycles. The summed E-state index contributed by atoms with van der Waals surface area (Å²) in [5.74, 6) is 0.737. The molecular formula is C16H21NO4S. The third-order valence-electron chi connectivity index (χ3n) is 4.79. The van der Waals surface area contributed by atoms with Crippen LogP contribution in [0.2, 0.25) is 0 Å². The summed E-state index contributed by atoms with van der Waals surface area (Å²) >= 11 is 0. The van der Waals surface area contributed by atoms with Crippen LogP contribution in [0.25, 0.3) is 0 Å². The Labute approximate surface area is 131 Å². The highest BCUT2D eigenvalue weighted by Gasteiger charge is 2.56. The Morgan fingerprint density at radius 2 is 1.91 bits per heavy atom. The van der Waals surface area contributed by atoms with E-state index in [0.29, 0.717) is 18.0 Å². The van der Waals surface area contributed by atoms with Gasteiger partial charge in [0.05, 0.1) is 4.90 Å². The van der Waals surface area contributed by atoms with Crippen molar-refractivity contribution in [1.29, 1.82) is 0 Å². The van der Waals surface area contributed by atoms with Crippen LogP contribution in [0.1, 0.15) is 44.8 Å². The number of hydrogen-bond donors (Lipinski definition) is 0. The Balaban J connectivity index is 1.69. The zero-order chi connectivity index (χ0) is 15.5. The molecule has 3 heterocycles. The van der Waals surface area contributed by atoms with E-state index in [1.165, 1.54) is 0 Å². The molecule has 0 spiro atoms. The number of fused-ring (bicyclic) bond motifs is 3. The smallest absolute Gasteiger partial charge is 0.243 e. The first-order valence-corrected chi connectivity index (χ1v) is 9.32. The molecule has 0 bridgehead atoms. The predicted octanol–water partition coefficient (Wildman–Crippen LogP) is 2.47. The third kappa shape index (κ3) is 2.16. The highest BCUT2D eigenvalue weighted by molar-refractivity contribution is 7.89. The largest absolute Gasteiger partial charge is 0.485 e. The summed E-state index contributed by atoms with van der Waals surface area (Å²) in [6.45, 7) is 5.23. The summed E-state index contributed by atoms with van der Waals surface area (Å²) in [4.78, 5) is 0.353. The number of rotatable bonds is 2. The van der Waals surface area contributed by atoms with Crippen LogP contribution in [-0.4, -0.2) is 37.5 Å². The fourth-order valence-electron chi connectivity index (χ4n) is 3.48. The van der Waals surface area contributed by atoms with Gasteiger partial charge in [0.25, 0.3) is 0 Å². The molecule has 6 heteroatoms. The molecule has 0 N–H and O–H groups in total. The van der Waals surface area contributed by atoms with Gasteiger partial charge in [-0.05, 0) is 44.9 Å². The topological polar surface area (TPSA) is 59.1 Å². The lowest BCUT2D eigenvalue weighted by atomic mass is 9.94. The maximum absolute atomic E-state index is 12.8. The van der Waals surface area contributed by atoms with E-state index < -0.39 is 10.0 Å². The molecule has 2 unspecified atom stereocenters. The number of nitrogens with zero attached hydrogens (tertiary/aromatic N) is 1. The Hall–Kier alpha value is -1.11. The fraction of sp³-hybridized carbons (Fsp3) is 0.625. The van der Waals surface area contributed by atoms with E-state index in [9.17, 15) is 8.42 Å². The number of sulfonamides is 1. The molecule has 4 rings (SSSR count). The number of epoxide rings is 1. The maximum atomic E-state index is 12.8. The van der Waals surface area contributed by atoms with Crippen LogP contribution in [-0.2, 0) is 14.8 Å². The molecule has 0 aliphatic carbocycles. The Bertz CT molecular complexity index is 707. The van der Waals surface area contributed by atoms with Gasteiger partial charge in [0.1, 0.15) is 23.6 Å². The lowest BCUT2D eigenvalue weighted by molar-refractivity contribution is 0.0724. The van der Waals surface area contributed by atoms with Crippen LogP contribution in [0.5, 0.6) is 5.75 Å². The van der Waals surface area contributed by atoms with E-state index in [4.69, 9.17) is 9.47 Å². The molecular weight excluding hydrogens is 302 g/mol. The number of ether oxygens (including phenoxy) is 2. The summed E-state index contributed by atoms with van der Waals surface area (Å²) in [7, 11) is -3.41. The summed E-state index contributed by atoms with van der Waals surface area (Å²) in [5.41, 5.74) is 0.507. The first-order chi connectivity index (χ1) is 10.4. The average molecular weight is 323 g/mol. The van der Waals surface area contributed by atoms with Gasteiger partial charge in [-0.3, -0.25) is 0 Å². The van der Waals surface area contributed by atoms with Crippen LogP contribution >= 0.6 is 0 Å². The highest BCUT2D eigenvalue weighted by Crippen LogP contribution is 2.54. The molecule has 1 aromatic carbocycles. The normalized spacial score (nSPS) is 30.1. The molecule has 0 saturated carbocycles. The predicted molar refractivity (Wildman–Crippen MR) is 81.4 cm³/mol. The standard InChI is InChI=1S/C16H21NO4S/c1-16(2)15-14(20-15)12-10-11(6-7-13(12)21-16)22(18,19)17-8-4-3-5-9-17/h6-7,10,14-15H,3-5,8-9H2,1-2H3. The van der Waals surface area contributed by atoms with Gasteiger partial charge in [0.2, 0.25) is 10.0 Å². The van der Waals surface area contributed by atoms with Crippen LogP contribution < -0.4 is 4.74 Å². The molecule has 3 aliphatic heterocycles. The molecule has 1 aromatic rings. The number of hydrogen-bond acceptors (Lipinski definition) is 4. The Morgan fingerprint density at radius 3 is 2.64 bits per heavy atom. The van der Waals surface area contributed by atoms with Crippen molar-refractivity contribution in [2.75, 3.05) is 13.1 Å². The van der Waals surface area contributed by atoms with Crippen molar-refractivity contribution in [3.05, 3.63) is 23.8 Å². The van der Waals surface area contributed by atoms with Gasteiger partial charge in [-0.25, -0.2) is 8.42 Å². The van der Waals surface area contributed by atoms with Crippen LogP contribution in [0.15, 0.2) is 23.1 Å². The van der Waals surface area contributed by atoms with Gasteiger partial charge in [0.15, 0.2) is 0 Å². The van der Waals surface area contributed by atoms with Gasteiger partial charge >= 0.3 is 0 Å². The summed E-state index contributed by atoms with van der Waals surface area (Å²) in [6.07, 6.45) is 2.98. The molecule has 22 heavy (non-hydrogen) atoms. The Kier molecular flexibility index (Phi) is 3.09. The van der Waals surface area contributed by atoms with E-state index in [2.05, 4.69) is 0 Å². The number of benzene rings is 1. The van der Waals surface area contributed by atoms with Crippen molar-refractivity contribution < 1.29 is 17.9 Å². The molecule has 120 valence electrons. The second-order valence-electron chi connectivity index (χ2n) is 6.85. The lowest BCUT2D eigenvalue weighted by Gasteiger charge is -2.30. The molecule has 5 nitrogen and oxygen atoms in total. The first-order valence-electron chi connectivity index (χ1n) is 7.88. The maximum Gasteiger partial charge on any atom is 0.243 e. The van der Waals surface area contributed by atoms with Gasteiger partial charge in [-0.1, -0.05) is 6.42 Å². The van der Waals surface area contributed by atoms with Crippen LogP contribution in [0.3, 0.4) is 0 Å². The minimum Gasteiger partial charge on any atom is -0.485 e. The molecule has 0 amide bonds. The second-order valence-corrected chi connectivity index (χ2v) is 8.79. The zero-order valence-electron chi connectivity index (χ0n) is 12.9. The van der Waals surface area contributed by atoms with Crippen molar-refractivity contribution in [1.82, 2.24) is 4.31 Å². The van der Waals surface area contributed by atoms with Crippen molar-refractivity contribution >= 4 is 10.0 Å². The average Bonchev–Trinajstić information content (AvgIpc) is 3.29. The second kappa shape index (κ2) is 4.69. The van der Waals surface area contributed by atoms with Gasteiger partial charge < -0.3 is 9.47 Å². The minimum absolute atomic E-state index is 0.0212. The van der Waals surface area contributed by atoms with Gasteiger partial charge in [0, 0.05) is 18.7 Å². The van der Waals surface area contributed by atoms with Crippen LogP contribution in [0, 0.1) is 0 Å². The van der Waals surface area contributed by atoms with E-state index in [0.717, 1.165) is 30.6 Å². The van der Waals surface area contributed by atoms with E-state index >= 15 is 0 Å². The monoisotopic (exact) mass is 323 g/mol. The fourth-order valence-corrected chi connectivity index (χ4v) is 5.03. The van der Waals surface area contributed by atoms with Crippen molar-refractivity contribution in [2.45, 2.75) is 55.8 Å². The summed E-state index contributed by atoms with van der Waals surface area (Å²) in [5, 5.41) is 0. The first kappa shape index (κ1) is 14.5. The van der Waals surface area contributed by atoms with Crippen molar-refractivity contribution in [3.8, 4) is 5.75 Å². The van der Waals surface area contributed by atoms with Crippen molar-refractivity contribution in [2.24, 2.45) is 0 Å². The molecule has 2 fully saturated rings. The van der Waals surface area contributed by atoms with Crippen molar-refractivity contribution in [3.63, 3.8) is 0 Å².